The third-order valence-electron chi connectivity index (χ3n) is 1.83. The van der Waals surface area contributed by atoms with E-state index in [1.807, 2.05) is 0 Å². The fourth-order valence-electron chi connectivity index (χ4n) is 1.22. The van der Waals surface area contributed by atoms with Crippen LogP contribution in [0.5, 0.6) is 0 Å². The van der Waals surface area contributed by atoms with Crippen molar-refractivity contribution >= 4 is 11.7 Å². The summed E-state index contributed by atoms with van der Waals surface area (Å²) in [5.41, 5.74) is 6.07. The Hall–Kier alpha value is -2.04. The lowest BCUT2D eigenvalue weighted by Gasteiger charge is -1.92. The summed E-state index contributed by atoms with van der Waals surface area (Å²) in [4.78, 5) is 11.2. The van der Waals surface area contributed by atoms with E-state index in [9.17, 15) is 4.79 Å². The predicted molar refractivity (Wildman–Crippen MR) is 48.6 cm³/mol. The third kappa shape index (κ3) is 1.19. The lowest BCUT2D eigenvalue weighted by molar-refractivity contribution is 0.101. The lowest BCUT2D eigenvalue weighted by Crippen LogP contribution is -1.97. The SMILES string of the molecule is CC(=O)c1c(-c2ccco2)noc1N. The second-order valence-corrected chi connectivity index (χ2v) is 2.80. The lowest BCUT2D eigenvalue weighted by atomic mass is 10.1. The van der Waals surface area contributed by atoms with Crippen molar-refractivity contribution in [1.82, 2.24) is 5.16 Å². The number of carbonyl (C=O) groups excluding carboxylic acids is 1. The number of anilines is 1. The predicted octanol–water partition coefficient (Wildman–Crippen LogP) is 1.72. The van der Waals surface area contributed by atoms with Crippen LogP contribution in [0.25, 0.3) is 11.5 Å². The van der Waals surface area contributed by atoms with Gasteiger partial charge in [-0.2, -0.15) is 0 Å². The van der Waals surface area contributed by atoms with Gasteiger partial charge in [-0.1, -0.05) is 5.16 Å². The van der Waals surface area contributed by atoms with Gasteiger partial charge in [0.25, 0.3) is 0 Å². The molecule has 2 heterocycles. The second kappa shape index (κ2) is 3.02. The van der Waals surface area contributed by atoms with Crippen LogP contribution >= 0.6 is 0 Å². The van der Waals surface area contributed by atoms with Crippen molar-refractivity contribution in [3.8, 4) is 11.5 Å². The number of aromatic nitrogens is 1. The van der Waals surface area contributed by atoms with Gasteiger partial charge in [0.15, 0.2) is 17.2 Å². The largest absolute Gasteiger partial charge is 0.463 e. The van der Waals surface area contributed by atoms with E-state index >= 15 is 0 Å². The summed E-state index contributed by atoms with van der Waals surface area (Å²) in [6.45, 7) is 1.40. The van der Waals surface area contributed by atoms with Crippen molar-refractivity contribution in [3.63, 3.8) is 0 Å². The first kappa shape index (κ1) is 8.55. The standard InChI is InChI=1S/C9H8N2O3/c1-5(12)7-8(11-14-9(7)10)6-3-2-4-13-6/h2-4H,10H2,1H3. The summed E-state index contributed by atoms with van der Waals surface area (Å²) in [6.07, 6.45) is 1.49. The molecular weight excluding hydrogens is 184 g/mol. The maximum Gasteiger partial charge on any atom is 0.233 e. The van der Waals surface area contributed by atoms with Crippen molar-refractivity contribution in [2.75, 3.05) is 5.73 Å². The number of carbonyl (C=O) groups is 1. The maximum absolute atomic E-state index is 11.2. The van der Waals surface area contributed by atoms with E-state index in [-0.39, 0.29) is 17.2 Å². The molecule has 0 radical (unpaired) electrons. The van der Waals surface area contributed by atoms with Crippen molar-refractivity contribution in [2.45, 2.75) is 6.92 Å². The Balaban J connectivity index is 2.60. The highest BCUT2D eigenvalue weighted by atomic mass is 16.5. The number of Topliss-reactive ketones (excluding diaryl/α,β-unsaturated/α-hetero) is 1. The van der Waals surface area contributed by atoms with E-state index in [2.05, 4.69) is 5.16 Å². The van der Waals surface area contributed by atoms with Crippen molar-refractivity contribution in [1.29, 1.82) is 0 Å². The minimum atomic E-state index is -0.199. The molecule has 2 rings (SSSR count). The van der Waals surface area contributed by atoms with Crippen molar-refractivity contribution in [2.24, 2.45) is 0 Å². The van der Waals surface area contributed by atoms with E-state index in [4.69, 9.17) is 14.7 Å². The van der Waals surface area contributed by atoms with Crippen LogP contribution in [-0.4, -0.2) is 10.9 Å². The molecule has 2 aromatic heterocycles. The molecule has 2 aromatic rings. The molecule has 5 nitrogen and oxygen atoms in total. The normalized spacial score (nSPS) is 10.4. The van der Waals surface area contributed by atoms with Crippen LogP contribution < -0.4 is 5.73 Å². The minimum Gasteiger partial charge on any atom is -0.463 e. The number of hydrogen-bond acceptors (Lipinski definition) is 5. The van der Waals surface area contributed by atoms with Gasteiger partial charge >= 0.3 is 0 Å². The molecule has 0 aliphatic rings. The van der Waals surface area contributed by atoms with Crippen LogP contribution in [0, 0.1) is 0 Å². The zero-order valence-electron chi connectivity index (χ0n) is 7.48. The summed E-state index contributed by atoms with van der Waals surface area (Å²) in [6, 6.07) is 3.38. The van der Waals surface area contributed by atoms with Crippen LogP contribution in [0.2, 0.25) is 0 Å². The quantitative estimate of drug-likeness (QED) is 0.732. The first-order valence-corrected chi connectivity index (χ1v) is 4.00. The molecule has 2 N–H and O–H groups in total. The van der Waals surface area contributed by atoms with Gasteiger partial charge in [0.2, 0.25) is 5.88 Å². The van der Waals surface area contributed by atoms with Gasteiger partial charge < -0.3 is 14.7 Å². The average Bonchev–Trinajstić information content (AvgIpc) is 2.70. The molecule has 0 aliphatic carbocycles. The number of nitrogens with zero attached hydrogens (tertiary/aromatic N) is 1. The molecular formula is C9H8N2O3. The molecule has 0 saturated carbocycles. The summed E-state index contributed by atoms with van der Waals surface area (Å²) in [5, 5.41) is 3.66. The third-order valence-corrected chi connectivity index (χ3v) is 1.83. The van der Waals surface area contributed by atoms with Crippen molar-refractivity contribution in [3.05, 3.63) is 24.0 Å². The fraction of sp³-hybridized carbons (Fsp3) is 0.111. The molecule has 0 aromatic carbocycles. The average molecular weight is 192 g/mol. The Morgan fingerprint density at radius 3 is 2.93 bits per heavy atom. The molecule has 0 fully saturated rings. The first-order chi connectivity index (χ1) is 6.70. The Kier molecular flexibility index (Phi) is 1.85. The van der Waals surface area contributed by atoms with E-state index in [1.54, 1.807) is 12.1 Å². The summed E-state index contributed by atoms with van der Waals surface area (Å²) in [7, 11) is 0. The molecule has 0 amide bonds. The van der Waals surface area contributed by atoms with Crippen molar-refractivity contribution < 1.29 is 13.7 Å². The van der Waals surface area contributed by atoms with Gasteiger partial charge in [-0.3, -0.25) is 4.79 Å². The van der Waals surface area contributed by atoms with Gasteiger partial charge in [0.1, 0.15) is 5.56 Å². The van der Waals surface area contributed by atoms with Crippen LogP contribution in [0.1, 0.15) is 17.3 Å². The Bertz CT molecular complexity index is 456. The smallest absolute Gasteiger partial charge is 0.233 e. The molecule has 0 atom stereocenters. The zero-order chi connectivity index (χ0) is 10.1. The minimum absolute atomic E-state index is 0.0175. The number of nitrogens with two attached hydrogens (primary N) is 1. The van der Waals surface area contributed by atoms with E-state index in [0.29, 0.717) is 11.5 Å². The number of rotatable bonds is 2. The number of furan rings is 1. The van der Waals surface area contributed by atoms with Gasteiger partial charge in [-0.25, -0.2) is 0 Å². The zero-order valence-corrected chi connectivity index (χ0v) is 7.48. The molecule has 5 heteroatoms. The highest BCUT2D eigenvalue weighted by Crippen LogP contribution is 2.27. The monoisotopic (exact) mass is 192 g/mol. The van der Waals surface area contributed by atoms with Crippen LogP contribution in [0.4, 0.5) is 5.88 Å². The fourth-order valence-corrected chi connectivity index (χ4v) is 1.22. The Morgan fingerprint density at radius 1 is 1.57 bits per heavy atom. The molecule has 0 spiro atoms. The summed E-state index contributed by atoms with van der Waals surface area (Å²) in [5.74, 6) is 0.287. The van der Waals surface area contributed by atoms with Gasteiger partial charge in [0.05, 0.1) is 6.26 Å². The van der Waals surface area contributed by atoms with Gasteiger partial charge in [-0.05, 0) is 19.1 Å². The van der Waals surface area contributed by atoms with Crippen LogP contribution in [0.15, 0.2) is 27.3 Å². The summed E-state index contributed by atoms with van der Waals surface area (Å²) >= 11 is 0. The van der Waals surface area contributed by atoms with E-state index < -0.39 is 0 Å². The topological polar surface area (TPSA) is 82.3 Å². The van der Waals surface area contributed by atoms with Crippen LogP contribution in [0.3, 0.4) is 0 Å². The highest BCUT2D eigenvalue weighted by Gasteiger charge is 2.20. The molecule has 0 unspecified atom stereocenters. The molecule has 0 bridgehead atoms. The number of nitrogen functional groups attached to an aromatic ring is 1. The van der Waals surface area contributed by atoms with E-state index in [1.165, 1.54) is 13.2 Å². The van der Waals surface area contributed by atoms with Gasteiger partial charge in [0, 0.05) is 0 Å². The first-order valence-electron chi connectivity index (χ1n) is 4.00. The highest BCUT2D eigenvalue weighted by molar-refractivity contribution is 6.03. The van der Waals surface area contributed by atoms with E-state index in [0.717, 1.165) is 0 Å². The Labute approximate surface area is 79.5 Å². The Morgan fingerprint density at radius 2 is 2.36 bits per heavy atom. The van der Waals surface area contributed by atoms with Crippen LogP contribution in [-0.2, 0) is 0 Å². The van der Waals surface area contributed by atoms with Gasteiger partial charge in [-0.15, -0.1) is 0 Å². The molecule has 0 saturated heterocycles. The molecule has 14 heavy (non-hydrogen) atoms. The molecule has 0 aliphatic heterocycles. The number of ketones is 1. The maximum atomic E-state index is 11.2. The summed E-state index contributed by atoms with van der Waals surface area (Å²) < 4.78 is 9.82. The number of hydrogen-bond donors (Lipinski definition) is 1. The molecule has 72 valence electrons. The second-order valence-electron chi connectivity index (χ2n) is 2.80.